The van der Waals surface area contributed by atoms with Gasteiger partial charge in [0, 0.05) is 0 Å². The van der Waals surface area contributed by atoms with Gasteiger partial charge in [0.15, 0.2) is 0 Å². The number of hydrogen-bond donors (Lipinski definition) is 0. The molecule has 1 aromatic carbocycles. The Morgan fingerprint density at radius 1 is 1.42 bits per heavy atom. The Balaban J connectivity index is 3.14. The lowest BCUT2D eigenvalue weighted by atomic mass is 10.3. The van der Waals surface area contributed by atoms with E-state index in [-0.39, 0.29) is 0 Å². The molecule has 66 valence electrons. The van der Waals surface area contributed by atoms with Gasteiger partial charge in [-0.15, -0.1) is 0 Å². The minimum atomic E-state index is 0.623. The molecule has 1 rings (SSSR count). The minimum Gasteiger partial charge on any atom is -0.491 e. The van der Waals surface area contributed by atoms with Gasteiger partial charge < -0.3 is 4.74 Å². The van der Waals surface area contributed by atoms with Crippen LogP contribution in [0.4, 0.5) is 0 Å². The van der Waals surface area contributed by atoms with Crippen LogP contribution in [-0.4, -0.2) is 6.61 Å². The van der Waals surface area contributed by atoms with Gasteiger partial charge >= 0.3 is 0 Å². The maximum absolute atomic E-state index is 5.87. The topological polar surface area (TPSA) is 9.23 Å². The van der Waals surface area contributed by atoms with Crippen molar-refractivity contribution in [3.05, 3.63) is 26.1 Å². The lowest BCUT2D eigenvalue weighted by molar-refractivity contribution is 0.336. The molecule has 0 fully saturated rings. The average molecular weight is 314 g/mol. The first-order valence-electron chi connectivity index (χ1n) is 3.43. The van der Waals surface area contributed by atoms with Crippen LogP contribution in [0, 0.1) is 0 Å². The third kappa shape index (κ3) is 2.15. The van der Waals surface area contributed by atoms with E-state index in [2.05, 4.69) is 31.9 Å². The van der Waals surface area contributed by atoms with Crippen LogP contribution in [-0.2, 0) is 0 Å². The fraction of sp³-hybridized carbons (Fsp3) is 0.250. The molecule has 0 spiro atoms. The Labute approximate surface area is 93.3 Å². The SMILES string of the molecule is CCOc1c(Br)ccc(Cl)c1Br. The molecule has 12 heavy (non-hydrogen) atoms. The third-order valence-corrected chi connectivity index (χ3v) is 3.25. The monoisotopic (exact) mass is 312 g/mol. The fourth-order valence-corrected chi connectivity index (χ4v) is 2.11. The molecule has 0 saturated carbocycles. The molecule has 0 atom stereocenters. The predicted molar refractivity (Wildman–Crippen MR) is 58.0 cm³/mol. The molecule has 0 saturated heterocycles. The van der Waals surface area contributed by atoms with Crippen molar-refractivity contribution >= 4 is 43.5 Å². The van der Waals surface area contributed by atoms with Crippen LogP contribution in [0.25, 0.3) is 0 Å². The first-order chi connectivity index (χ1) is 5.66. The summed E-state index contributed by atoms with van der Waals surface area (Å²) in [5.74, 6) is 0.755. The molecule has 0 N–H and O–H groups in total. The second kappa shape index (κ2) is 4.49. The second-order valence-corrected chi connectivity index (χ2v) is 4.16. The Bertz CT molecular complexity index is 289. The van der Waals surface area contributed by atoms with Crippen molar-refractivity contribution in [2.75, 3.05) is 6.61 Å². The van der Waals surface area contributed by atoms with Crippen molar-refractivity contribution in [1.82, 2.24) is 0 Å². The molecule has 0 radical (unpaired) electrons. The molecule has 0 aliphatic carbocycles. The van der Waals surface area contributed by atoms with Crippen LogP contribution in [0.2, 0.25) is 5.02 Å². The van der Waals surface area contributed by atoms with Crippen molar-refractivity contribution < 1.29 is 4.74 Å². The average Bonchev–Trinajstić information content (AvgIpc) is 2.06. The fourth-order valence-electron chi connectivity index (χ4n) is 0.785. The quantitative estimate of drug-likeness (QED) is 0.741. The number of hydrogen-bond acceptors (Lipinski definition) is 1. The molecule has 0 amide bonds. The Morgan fingerprint density at radius 3 is 2.67 bits per heavy atom. The van der Waals surface area contributed by atoms with E-state index in [9.17, 15) is 0 Å². The van der Waals surface area contributed by atoms with E-state index in [4.69, 9.17) is 16.3 Å². The summed E-state index contributed by atoms with van der Waals surface area (Å²) >= 11 is 12.6. The van der Waals surface area contributed by atoms with E-state index in [0.29, 0.717) is 11.6 Å². The predicted octanol–water partition coefficient (Wildman–Crippen LogP) is 4.26. The van der Waals surface area contributed by atoms with Gasteiger partial charge in [0.2, 0.25) is 0 Å². The van der Waals surface area contributed by atoms with Crippen molar-refractivity contribution in [3.8, 4) is 5.75 Å². The second-order valence-electron chi connectivity index (χ2n) is 2.11. The van der Waals surface area contributed by atoms with E-state index in [0.717, 1.165) is 14.7 Å². The van der Waals surface area contributed by atoms with Crippen LogP contribution in [0.3, 0.4) is 0 Å². The molecule has 0 aliphatic rings. The Kier molecular flexibility index (Phi) is 3.87. The molecular formula is C8H7Br2ClO. The summed E-state index contributed by atoms with van der Waals surface area (Å²) in [6, 6.07) is 3.66. The van der Waals surface area contributed by atoms with Crippen LogP contribution < -0.4 is 4.74 Å². The highest BCUT2D eigenvalue weighted by molar-refractivity contribution is 9.11. The van der Waals surface area contributed by atoms with Gasteiger partial charge in [-0.2, -0.15) is 0 Å². The molecule has 4 heteroatoms. The lowest BCUT2D eigenvalue weighted by Gasteiger charge is -2.08. The van der Waals surface area contributed by atoms with Crippen LogP contribution >= 0.6 is 43.5 Å². The van der Waals surface area contributed by atoms with Gasteiger partial charge in [0.25, 0.3) is 0 Å². The van der Waals surface area contributed by atoms with E-state index in [1.54, 1.807) is 6.07 Å². The zero-order valence-corrected chi connectivity index (χ0v) is 10.3. The molecule has 1 nitrogen and oxygen atoms in total. The molecule has 0 aliphatic heterocycles. The van der Waals surface area contributed by atoms with Gasteiger partial charge in [0.1, 0.15) is 5.75 Å². The zero-order chi connectivity index (χ0) is 9.14. The smallest absolute Gasteiger partial charge is 0.149 e. The summed E-state index contributed by atoms with van der Waals surface area (Å²) < 4.78 is 7.07. The summed E-state index contributed by atoms with van der Waals surface area (Å²) in [6.45, 7) is 2.55. The highest BCUT2D eigenvalue weighted by atomic mass is 79.9. The van der Waals surface area contributed by atoms with E-state index >= 15 is 0 Å². The summed E-state index contributed by atoms with van der Waals surface area (Å²) in [7, 11) is 0. The Hall–Kier alpha value is 0.270. The van der Waals surface area contributed by atoms with Crippen molar-refractivity contribution in [1.29, 1.82) is 0 Å². The molecule has 0 unspecified atom stereocenters. The number of halogens is 3. The maximum Gasteiger partial charge on any atom is 0.149 e. The highest BCUT2D eigenvalue weighted by Crippen LogP contribution is 2.38. The maximum atomic E-state index is 5.87. The van der Waals surface area contributed by atoms with Crippen LogP contribution in [0.15, 0.2) is 21.1 Å². The third-order valence-electron chi connectivity index (χ3n) is 1.29. The highest BCUT2D eigenvalue weighted by Gasteiger charge is 2.08. The number of benzene rings is 1. The zero-order valence-electron chi connectivity index (χ0n) is 6.40. The first kappa shape index (κ1) is 10.4. The van der Waals surface area contributed by atoms with Gasteiger partial charge in [-0.3, -0.25) is 0 Å². The van der Waals surface area contributed by atoms with Crippen molar-refractivity contribution in [2.45, 2.75) is 6.92 Å². The van der Waals surface area contributed by atoms with Crippen molar-refractivity contribution in [2.24, 2.45) is 0 Å². The summed E-state index contributed by atoms with van der Waals surface area (Å²) in [6.07, 6.45) is 0. The van der Waals surface area contributed by atoms with Gasteiger partial charge in [-0.1, -0.05) is 11.6 Å². The van der Waals surface area contributed by atoms with E-state index < -0.39 is 0 Å². The van der Waals surface area contributed by atoms with Crippen LogP contribution in [0.1, 0.15) is 6.92 Å². The molecule has 0 heterocycles. The molecule has 1 aromatic rings. The summed E-state index contributed by atoms with van der Waals surface area (Å²) in [4.78, 5) is 0. The molecule has 0 bridgehead atoms. The van der Waals surface area contributed by atoms with Gasteiger partial charge in [-0.05, 0) is 50.9 Å². The van der Waals surface area contributed by atoms with E-state index in [1.165, 1.54) is 0 Å². The first-order valence-corrected chi connectivity index (χ1v) is 5.39. The number of rotatable bonds is 2. The summed E-state index contributed by atoms with van der Waals surface area (Å²) in [5, 5.41) is 0.654. The lowest BCUT2D eigenvalue weighted by Crippen LogP contribution is -1.93. The van der Waals surface area contributed by atoms with Gasteiger partial charge in [0.05, 0.1) is 20.6 Å². The molecular weight excluding hydrogens is 307 g/mol. The Morgan fingerprint density at radius 2 is 2.08 bits per heavy atom. The minimum absolute atomic E-state index is 0.623. The normalized spacial score (nSPS) is 10.0. The molecule has 0 aromatic heterocycles. The number of ether oxygens (including phenoxy) is 1. The van der Waals surface area contributed by atoms with Gasteiger partial charge in [-0.25, -0.2) is 0 Å². The van der Waals surface area contributed by atoms with Crippen LogP contribution in [0.5, 0.6) is 5.75 Å². The van der Waals surface area contributed by atoms with Crippen molar-refractivity contribution in [3.63, 3.8) is 0 Å². The largest absolute Gasteiger partial charge is 0.491 e. The summed E-state index contributed by atoms with van der Waals surface area (Å²) in [5.41, 5.74) is 0. The van der Waals surface area contributed by atoms with E-state index in [1.807, 2.05) is 13.0 Å². The standard InChI is InChI=1S/C8H7Br2ClO/c1-2-12-8-5(9)3-4-6(11)7(8)10/h3-4H,2H2,1H3.